The highest BCUT2D eigenvalue weighted by Crippen LogP contribution is 2.29. The Bertz CT molecular complexity index is 482. The summed E-state index contributed by atoms with van der Waals surface area (Å²) in [6, 6.07) is -1.01. The molecule has 1 fully saturated rings. The van der Waals surface area contributed by atoms with E-state index in [2.05, 4.69) is 15.3 Å². The number of carbonyl (C=O) groups is 2. The molecule has 0 bridgehead atoms. The first-order valence-electron chi connectivity index (χ1n) is 6.86. The number of carbonyl (C=O) groups excluding carboxylic acids is 1. The Labute approximate surface area is 122 Å². The topological polar surface area (TPSA) is 130 Å². The summed E-state index contributed by atoms with van der Waals surface area (Å²) in [6.07, 6.45) is 4.17. The van der Waals surface area contributed by atoms with Crippen molar-refractivity contribution >= 4 is 11.9 Å². The van der Waals surface area contributed by atoms with Crippen LogP contribution in [0.2, 0.25) is 0 Å². The Morgan fingerprint density at radius 3 is 2.76 bits per heavy atom. The summed E-state index contributed by atoms with van der Waals surface area (Å²) >= 11 is 0. The average molecular weight is 296 g/mol. The zero-order valence-corrected chi connectivity index (χ0v) is 11.7. The number of aliphatic carboxylic acids is 1. The fourth-order valence-corrected chi connectivity index (χ4v) is 2.41. The summed E-state index contributed by atoms with van der Waals surface area (Å²) in [7, 11) is 0. The fraction of sp³-hybridized carbons (Fsp3) is 0.615. The van der Waals surface area contributed by atoms with Gasteiger partial charge in [0.25, 0.3) is 0 Å². The van der Waals surface area contributed by atoms with Crippen LogP contribution >= 0.6 is 0 Å². The third-order valence-corrected chi connectivity index (χ3v) is 3.90. The number of hydrogen-bond donors (Lipinski definition) is 4. The van der Waals surface area contributed by atoms with E-state index in [1.54, 1.807) is 0 Å². The maximum absolute atomic E-state index is 12.5. The quantitative estimate of drug-likeness (QED) is 0.548. The lowest BCUT2D eigenvalue weighted by Crippen LogP contribution is -2.54. The van der Waals surface area contributed by atoms with Crippen molar-refractivity contribution in [2.75, 3.05) is 19.8 Å². The molecule has 1 aliphatic rings. The number of H-pyrrole nitrogens is 1. The lowest BCUT2D eigenvalue weighted by molar-refractivity contribution is -0.145. The molecule has 0 saturated carbocycles. The maximum atomic E-state index is 12.5. The predicted molar refractivity (Wildman–Crippen MR) is 73.4 cm³/mol. The molecule has 0 radical (unpaired) electrons. The molecule has 1 aliphatic heterocycles. The minimum absolute atomic E-state index is 0.151. The van der Waals surface area contributed by atoms with Gasteiger partial charge in [0.15, 0.2) is 0 Å². The first-order valence-corrected chi connectivity index (χ1v) is 6.86. The van der Waals surface area contributed by atoms with Gasteiger partial charge in [-0.25, -0.2) is 9.78 Å². The Balaban J connectivity index is 2.05. The average Bonchev–Trinajstić information content (AvgIpc) is 3.00. The lowest BCUT2D eigenvalue weighted by atomic mass is 9.79. The Morgan fingerprint density at radius 1 is 1.52 bits per heavy atom. The van der Waals surface area contributed by atoms with Crippen molar-refractivity contribution in [2.24, 2.45) is 11.1 Å². The number of nitrogens with one attached hydrogen (secondary N) is 2. The monoisotopic (exact) mass is 296 g/mol. The number of hydrogen-bond acceptors (Lipinski definition) is 5. The van der Waals surface area contributed by atoms with Gasteiger partial charge in [-0.15, -0.1) is 0 Å². The number of nitrogens with two attached hydrogens (primary N) is 1. The SMILES string of the molecule is NCC1(C(=O)N[C@H](Cc2cnc[nH]2)C(=O)O)CCOCC1. The zero-order valence-electron chi connectivity index (χ0n) is 11.7. The van der Waals surface area contributed by atoms with Crippen LogP contribution in [0.5, 0.6) is 0 Å². The van der Waals surface area contributed by atoms with Crippen molar-refractivity contribution in [1.82, 2.24) is 15.3 Å². The van der Waals surface area contributed by atoms with Gasteiger partial charge in [0.05, 0.1) is 11.7 Å². The standard InChI is InChI=1S/C13H20N4O4/c14-7-13(1-3-21-4-2-13)12(20)17-10(11(18)19)5-9-6-15-8-16-9/h6,8,10H,1-5,7,14H2,(H,15,16)(H,17,20)(H,18,19)/t10-/m1/s1. The molecule has 8 nitrogen and oxygen atoms in total. The molecule has 1 aromatic heterocycles. The van der Waals surface area contributed by atoms with E-state index in [0.29, 0.717) is 31.7 Å². The van der Waals surface area contributed by atoms with Crippen LogP contribution in [0.25, 0.3) is 0 Å². The van der Waals surface area contributed by atoms with E-state index in [4.69, 9.17) is 10.5 Å². The van der Waals surface area contributed by atoms with Crippen molar-refractivity contribution < 1.29 is 19.4 Å². The second-order valence-electron chi connectivity index (χ2n) is 5.24. The number of nitrogens with zero attached hydrogens (tertiary/aromatic N) is 1. The van der Waals surface area contributed by atoms with E-state index < -0.39 is 17.4 Å². The van der Waals surface area contributed by atoms with Crippen molar-refractivity contribution in [3.8, 4) is 0 Å². The first kappa shape index (κ1) is 15.5. The molecule has 2 rings (SSSR count). The number of aromatic nitrogens is 2. The Morgan fingerprint density at radius 2 is 2.24 bits per heavy atom. The highest BCUT2D eigenvalue weighted by molar-refractivity contribution is 5.87. The first-order chi connectivity index (χ1) is 10.1. The van der Waals surface area contributed by atoms with Crippen LogP contribution in [0.15, 0.2) is 12.5 Å². The molecule has 0 spiro atoms. The van der Waals surface area contributed by atoms with Crippen molar-refractivity contribution in [3.05, 3.63) is 18.2 Å². The molecule has 116 valence electrons. The van der Waals surface area contributed by atoms with E-state index in [9.17, 15) is 14.7 Å². The highest BCUT2D eigenvalue weighted by atomic mass is 16.5. The van der Waals surface area contributed by atoms with Gasteiger partial charge in [-0.2, -0.15) is 0 Å². The zero-order chi connectivity index (χ0) is 15.3. The lowest BCUT2D eigenvalue weighted by Gasteiger charge is -2.35. The summed E-state index contributed by atoms with van der Waals surface area (Å²) in [5.74, 6) is -1.41. The van der Waals surface area contributed by atoms with Crippen LogP contribution in [-0.4, -0.2) is 52.8 Å². The molecule has 1 saturated heterocycles. The smallest absolute Gasteiger partial charge is 0.326 e. The van der Waals surface area contributed by atoms with Gasteiger partial charge < -0.3 is 25.9 Å². The molecule has 21 heavy (non-hydrogen) atoms. The molecular formula is C13H20N4O4. The van der Waals surface area contributed by atoms with Crippen LogP contribution < -0.4 is 11.1 Å². The van der Waals surface area contributed by atoms with E-state index in [1.807, 2.05) is 0 Å². The molecule has 1 amide bonds. The maximum Gasteiger partial charge on any atom is 0.326 e. The van der Waals surface area contributed by atoms with Gasteiger partial charge in [0.2, 0.25) is 5.91 Å². The summed E-state index contributed by atoms with van der Waals surface area (Å²) in [4.78, 5) is 30.5. The molecule has 0 unspecified atom stereocenters. The van der Waals surface area contributed by atoms with Crippen LogP contribution in [0, 0.1) is 5.41 Å². The number of amides is 1. The molecule has 0 aliphatic carbocycles. The third-order valence-electron chi connectivity index (χ3n) is 3.90. The minimum atomic E-state index is -1.09. The van der Waals surface area contributed by atoms with Gasteiger partial charge >= 0.3 is 5.97 Å². The molecule has 8 heteroatoms. The fourth-order valence-electron chi connectivity index (χ4n) is 2.41. The molecule has 1 aromatic rings. The van der Waals surface area contributed by atoms with Crippen LogP contribution in [0.4, 0.5) is 0 Å². The van der Waals surface area contributed by atoms with E-state index >= 15 is 0 Å². The van der Waals surface area contributed by atoms with E-state index in [1.165, 1.54) is 12.5 Å². The van der Waals surface area contributed by atoms with Crippen LogP contribution in [0.3, 0.4) is 0 Å². The second kappa shape index (κ2) is 6.68. The molecule has 0 aromatic carbocycles. The number of carboxylic acid groups (broad SMARTS) is 1. The predicted octanol–water partition coefficient (Wildman–Crippen LogP) is -0.723. The number of imidazole rings is 1. The molecule has 2 heterocycles. The number of carboxylic acids is 1. The number of ether oxygens (including phenoxy) is 1. The molecule has 5 N–H and O–H groups in total. The summed E-state index contributed by atoms with van der Waals surface area (Å²) in [5, 5.41) is 11.9. The van der Waals surface area contributed by atoms with Gasteiger partial charge in [0, 0.05) is 38.1 Å². The second-order valence-corrected chi connectivity index (χ2v) is 5.24. The van der Waals surface area contributed by atoms with Crippen molar-refractivity contribution in [1.29, 1.82) is 0 Å². The largest absolute Gasteiger partial charge is 0.480 e. The van der Waals surface area contributed by atoms with Crippen LogP contribution in [-0.2, 0) is 20.7 Å². The molecular weight excluding hydrogens is 276 g/mol. The van der Waals surface area contributed by atoms with Gasteiger partial charge in [0.1, 0.15) is 6.04 Å². The minimum Gasteiger partial charge on any atom is -0.480 e. The van der Waals surface area contributed by atoms with Gasteiger partial charge in [-0.1, -0.05) is 0 Å². The Hall–Kier alpha value is -1.93. The normalized spacial score (nSPS) is 18.9. The van der Waals surface area contributed by atoms with Gasteiger partial charge in [-0.3, -0.25) is 4.79 Å². The van der Waals surface area contributed by atoms with Gasteiger partial charge in [-0.05, 0) is 12.8 Å². The van der Waals surface area contributed by atoms with Crippen molar-refractivity contribution in [3.63, 3.8) is 0 Å². The molecule has 1 atom stereocenters. The van der Waals surface area contributed by atoms with Crippen LogP contribution in [0.1, 0.15) is 18.5 Å². The number of aromatic amines is 1. The van der Waals surface area contributed by atoms with E-state index in [0.717, 1.165) is 0 Å². The Kier molecular flexibility index (Phi) is 4.92. The third kappa shape index (κ3) is 3.59. The summed E-state index contributed by atoms with van der Waals surface area (Å²) < 4.78 is 5.25. The summed E-state index contributed by atoms with van der Waals surface area (Å²) in [6.45, 7) is 1.10. The summed E-state index contributed by atoms with van der Waals surface area (Å²) in [5.41, 5.74) is 5.66. The highest BCUT2D eigenvalue weighted by Gasteiger charge is 2.40. The van der Waals surface area contributed by atoms with E-state index in [-0.39, 0.29) is 18.9 Å². The van der Waals surface area contributed by atoms with Crippen molar-refractivity contribution in [2.45, 2.75) is 25.3 Å². The number of rotatable bonds is 6.